The van der Waals surface area contributed by atoms with Crippen LogP contribution in [0.1, 0.15) is 49.5 Å². The van der Waals surface area contributed by atoms with Gasteiger partial charge in [-0.05, 0) is 5.56 Å². The maximum absolute atomic E-state index is 12.7. The first-order chi connectivity index (χ1) is 12.0. The van der Waals surface area contributed by atoms with Gasteiger partial charge in [-0.3, -0.25) is 9.59 Å². The van der Waals surface area contributed by atoms with Gasteiger partial charge in [-0.2, -0.15) is 4.98 Å². The highest BCUT2D eigenvalue weighted by atomic mass is 16.5. The molecule has 2 heterocycles. The first-order valence-electron chi connectivity index (χ1n) is 8.48. The van der Waals surface area contributed by atoms with Gasteiger partial charge in [-0.25, -0.2) is 0 Å². The molecular weight excluding hydrogens is 320 g/mol. The largest absolute Gasteiger partial charge is 0.352 e. The number of hydrogen-bond acceptors (Lipinski definition) is 5. The average molecular weight is 342 g/mol. The van der Waals surface area contributed by atoms with Gasteiger partial charge < -0.3 is 14.7 Å². The van der Waals surface area contributed by atoms with Crippen LogP contribution < -0.4 is 5.32 Å². The molecule has 1 unspecified atom stereocenters. The highest BCUT2D eigenvalue weighted by Crippen LogP contribution is 2.23. The molecule has 132 valence electrons. The number of nitrogens with one attached hydrogen (secondary N) is 1. The van der Waals surface area contributed by atoms with Crippen molar-refractivity contribution in [1.29, 1.82) is 0 Å². The number of nitrogens with zero attached hydrogens (tertiary/aromatic N) is 3. The molecule has 7 nitrogen and oxygen atoms in total. The molecule has 1 saturated heterocycles. The van der Waals surface area contributed by atoms with Gasteiger partial charge in [-0.1, -0.05) is 49.3 Å². The molecule has 1 aliphatic rings. The van der Waals surface area contributed by atoms with E-state index >= 15 is 0 Å². The van der Waals surface area contributed by atoms with Crippen molar-refractivity contribution < 1.29 is 14.1 Å². The smallest absolute Gasteiger partial charge is 0.239 e. The Morgan fingerprint density at radius 1 is 1.36 bits per heavy atom. The van der Waals surface area contributed by atoms with E-state index in [2.05, 4.69) is 15.5 Å². The molecule has 1 aromatic carbocycles. The van der Waals surface area contributed by atoms with E-state index in [0.29, 0.717) is 24.7 Å². The van der Waals surface area contributed by atoms with E-state index in [9.17, 15) is 9.59 Å². The normalized spacial score (nSPS) is 17.6. The second-order valence-corrected chi connectivity index (χ2v) is 6.45. The standard InChI is InChI=1S/C18H22N4O3/c1-12(2)18-20-16(25-21-18)8-9-17(24)22-11-15(23)19-10-14(22)13-6-4-3-5-7-13/h3-7,12,14H,8-11H2,1-2H3,(H,19,23). The second-order valence-electron chi connectivity index (χ2n) is 6.45. The van der Waals surface area contributed by atoms with Crippen molar-refractivity contribution >= 4 is 11.8 Å². The quantitative estimate of drug-likeness (QED) is 0.895. The number of amides is 2. The Labute approximate surface area is 146 Å². The summed E-state index contributed by atoms with van der Waals surface area (Å²) in [6, 6.07) is 9.57. The van der Waals surface area contributed by atoms with Gasteiger partial charge >= 0.3 is 0 Å². The Morgan fingerprint density at radius 3 is 2.80 bits per heavy atom. The third-order valence-corrected chi connectivity index (χ3v) is 4.24. The lowest BCUT2D eigenvalue weighted by molar-refractivity contribution is -0.141. The summed E-state index contributed by atoms with van der Waals surface area (Å²) in [6.45, 7) is 4.46. The van der Waals surface area contributed by atoms with Crippen LogP contribution in [0.4, 0.5) is 0 Å². The van der Waals surface area contributed by atoms with E-state index in [1.54, 1.807) is 4.90 Å². The number of aryl methyl sites for hydroxylation is 1. The van der Waals surface area contributed by atoms with Gasteiger partial charge in [0.2, 0.25) is 17.7 Å². The van der Waals surface area contributed by atoms with Gasteiger partial charge in [0.05, 0.1) is 6.04 Å². The molecule has 1 aromatic heterocycles. The van der Waals surface area contributed by atoms with Gasteiger partial charge in [0.15, 0.2) is 5.82 Å². The van der Waals surface area contributed by atoms with E-state index < -0.39 is 0 Å². The summed E-state index contributed by atoms with van der Waals surface area (Å²) in [5.41, 5.74) is 1.01. The lowest BCUT2D eigenvalue weighted by Crippen LogP contribution is -2.51. The minimum atomic E-state index is -0.152. The van der Waals surface area contributed by atoms with Crippen LogP contribution >= 0.6 is 0 Å². The Morgan fingerprint density at radius 2 is 2.12 bits per heavy atom. The molecule has 2 aromatic rings. The van der Waals surface area contributed by atoms with Crippen LogP contribution in [0.15, 0.2) is 34.9 Å². The Balaban J connectivity index is 1.68. The van der Waals surface area contributed by atoms with Gasteiger partial charge in [0, 0.05) is 25.3 Å². The minimum Gasteiger partial charge on any atom is -0.352 e. The van der Waals surface area contributed by atoms with Gasteiger partial charge in [0.1, 0.15) is 6.54 Å². The molecule has 3 rings (SSSR count). The summed E-state index contributed by atoms with van der Waals surface area (Å²) in [6.07, 6.45) is 0.606. The van der Waals surface area contributed by atoms with E-state index in [-0.39, 0.29) is 36.7 Å². The maximum atomic E-state index is 12.7. The van der Waals surface area contributed by atoms with Crippen LogP contribution in [-0.2, 0) is 16.0 Å². The first-order valence-corrected chi connectivity index (χ1v) is 8.48. The molecule has 0 bridgehead atoms. The van der Waals surface area contributed by atoms with Crippen LogP contribution in [0.2, 0.25) is 0 Å². The van der Waals surface area contributed by atoms with E-state index in [1.807, 2.05) is 44.2 Å². The molecule has 1 atom stereocenters. The van der Waals surface area contributed by atoms with E-state index in [1.165, 1.54) is 0 Å². The summed E-state index contributed by atoms with van der Waals surface area (Å²) in [7, 11) is 0. The number of carbonyl (C=O) groups excluding carboxylic acids is 2. The van der Waals surface area contributed by atoms with Crippen molar-refractivity contribution in [2.24, 2.45) is 0 Å². The Kier molecular flexibility index (Phi) is 5.11. The van der Waals surface area contributed by atoms with Crippen molar-refractivity contribution in [2.75, 3.05) is 13.1 Å². The molecule has 1 fully saturated rings. The van der Waals surface area contributed by atoms with Crippen molar-refractivity contribution in [3.05, 3.63) is 47.6 Å². The van der Waals surface area contributed by atoms with Crippen molar-refractivity contribution in [2.45, 2.75) is 38.6 Å². The third kappa shape index (κ3) is 4.04. The highest BCUT2D eigenvalue weighted by Gasteiger charge is 2.31. The highest BCUT2D eigenvalue weighted by molar-refractivity contribution is 5.86. The lowest BCUT2D eigenvalue weighted by atomic mass is 10.0. The summed E-state index contributed by atoms with van der Waals surface area (Å²) in [4.78, 5) is 30.4. The number of piperazine rings is 1. The molecule has 7 heteroatoms. The monoisotopic (exact) mass is 342 g/mol. The number of hydrogen-bond donors (Lipinski definition) is 1. The molecule has 0 radical (unpaired) electrons. The molecule has 0 aliphatic carbocycles. The summed E-state index contributed by atoms with van der Waals surface area (Å²) in [5.74, 6) is 1.05. The van der Waals surface area contributed by atoms with Crippen LogP contribution in [-0.4, -0.2) is 39.9 Å². The summed E-state index contributed by atoms with van der Waals surface area (Å²) < 4.78 is 5.19. The SMILES string of the molecule is CC(C)c1noc(CCC(=O)N2CC(=O)NCC2c2ccccc2)n1. The van der Waals surface area contributed by atoms with Crippen molar-refractivity contribution in [3.63, 3.8) is 0 Å². The minimum absolute atomic E-state index is 0.0689. The number of rotatable bonds is 5. The van der Waals surface area contributed by atoms with Crippen molar-refractivity contribution in [1.82, 2.24) is 20.4 Å². The average Bonchev–Trinajstić information content (AvgIpc) is 3.10. The first kappa shape index (κ1) is 17.1. The fourth-order valence-corrected chi connectivity index (χ4v) is 2.84. The Bertz CT molecular complexity index is 742. The Hall–Kier alpha value is -2.70. The molecule has 1 N–H and O–H groups in total. The van der Waals surface area contributed by atoms with Gasteiger partial charge in [-0.15, -0.1) is 0 Å². The molecule has 1 aliphatic heterocycles. The van der Waals surface area contributed by atoms with Crippen LogP contribution in [0.5, 0.6) is 0 Å². The number of benzene rings is 1. The zero-order chi connectivity index (χ0) is 17.8. The predicted octanol–water partition coefficient (Wildman–Crippen LogP) is 1.83. The molecule has 25 heavy (non-hydrogen) atoms. The van der Waals surface area contributed by atoms with E-state index in [4.69, 9.17) is 4.52 Å². The van der Waals surface area contributed by atoms with Crippen LogP contribution in [0, 0.1) is 0 Å². The predicted molar refractivity (Wildman–Crippen MR) is 90.6 cm³/mol. The summed E-state index contributed by atoms with van der Waals surface area (Å²) in [5, 5.41) is 6.74. The lowest BCUT2D eigenvalue weighted by Gasteiger charge is -2.35. The second kappa shape index (κ2) is 7.46. The zero-order valence-electron chi connectivity index (χ0n) is 14.4. The zero-order valence-corrected chi connectivity index (χ0v) is 14.4. The number of carbonyl (C=O) groups is 2. The fourth-order valence-electron chi connectivity index (χ4n) is 2.84. The number of aromatic nitrogens is 2. The topological polar surface area (TPSA) is 88.3 Å². The third-order valence-electron chi connectivity index (χ3n) is 4.24. The molecule has 0 saturated carbocycles. The van der Waals surface area contributed by atoms with Crippen LogP contribution in [0.3, 0.4) is 0 Å². The van der Waals surface area contributed by atoms with Gasteiger partial charge in [0.25, 0.3) is 0 Å². The van der Waals surface area contributed by atoms with E-state index in [0.717, 1.165) is 5.56 Å². The molecule has 0 spiro atoms. The fraction of sp³-hybridized carbons (Fsp3) is 0.444. The van der Waals surface area contributed by atoms with Crippen molar-refractivity contribution in [3.8, 4) is 0 Å². The molecule has 2 amide bonds. The summed E-state index contributed by atoms with van der Waals surface area (Å²) >= 11 is 0. The maximum Gasteiger partial charge on any atom is 0.239 e. The van der Waals surface area contributed by atoms with Crippen LogP contribution in [0.25, 0.3) is 0 Å². The molecular formula is C18H22N4O3.